The zero-order valence-corrected chi connectivity index (χ0v) is 23.5. The van der Waals surface area contributed by atoms with Crippen molar-refractivity contribution in [3.63, 3.8) is 0 Å². The molecule has 0 atom stereocenters. The van der Waals surface area contributed by atoms with E-state index in [1.54, 1.807) is 0 Å². The molecule has 2 heteroatoms. The molecule has 0 fully saturated rings. The summed E-state index contributed by atoms with van der Waals surface area (Å²) in [6.07, 6.45) is 25.7. The van der Waals surface area contributed by atoms with Gasteiger partial charge in [0.15, 0.2) is 0 Å². The van der Waals surface area contributed by atoms with Crippen LogP contribution in [0.1, 0.15) is 170 Å². The molecule has 0 aromatic carbocycles. The lowest BCUT2D eigenvalue weighted by atomic mass is 9.45. The Hall–Kier alpha value is -0.0800. The van der Waals surface area contributed by atoms with Crippen LogP contribution < -0.4 is 11.5 Å². The van der Waals surface area contributed by atoms with Crippen LogP contribution in [0.5, 0.6) is 0 Å². The fourth-order valence-corrected chi connectivity index (χ4v) is 6.79. The van der Waals surface area contributed by atoms with Gasteiger partial charge in [-0.2, -0.15) is 0 Å². The summed E-state index contributed by atoms with van der Waals surface area (Å²) in [5, 5.41) is 0. The molecule has 0 spiro atoms. The number of rotatable bonds is 23. The van der Waals surface area contributed by atoms with Gasteiger partial charge in [-0.15, -0.1) is 0 Å². The first-order valence-corrected chi connectivity index (χ1v) is 14.9. The fourth-order valence-electron chi connectivity index (χ4n) is 6.79. The molecule has 4 N–H and O–H groups in total. The standard InChI is InChI=1S/C30H64N2/c1-7-13-20-28(21-14-8-2,22-19-27-31)29(23-15-9-3,24-16-10-4)30(32,25-17-11-5)26-18-12-6/h7-27,31-32H2,1-6H3. The van der Waals surface area contributed by atoms with Crippen LogP contribution >= 0.6 is 0 Å². The van der Waals surface area contributed by atoms with Crippen molar-refractivity contribution in [2.24, 2.45) is 22.3 Å². The number of hydrogen-bond acceptors (Lipinski definition) is 2. The van der Waals surface area contributed by atoms with E-state index >= 15 is 0 Å². The van der Waals surface area contributed by atoms with E-state index in [1.165, 1.54) is 122 Å². The maximum absolute atomic E-state index is 7.80. The molecule has 0 saturated carbocycles. The van der Waals surface area contributed by atoms with Gasteiger partial charge in [-0.1, -0.05) is 119 Å². The third-order valence-electron chi connectivity index (χ3n) is 8.71. The first-order valence-electron chi connectivity index (χ1n) is 14.9. The van der Waals surface area contributed by atoms with Gasteiger partial charge >= 0.3 is 0 Å². The van der Waals surface area contributed by atoms with Crippen molar-refractivity contribution >= 4 is 0 Å². The summed E-state index contributed by atoms with van der Waals surface area (Å²) in [4.78, 5) is 0. The highest BCUT2D eigenvalue weighted by molar-refractivity contribution is 5.11. The SMILES string of the molecule is CCCCC(N)(CCCC)C(CCCC)(CCCC)C(CCCC)(CCCC)CCCN. The third kappa shape index (κ3) is 8.94. The van der Waals surface area contributed by atoms with Crippen LogP contribution in [0.2, 0.25) is 0 Å². The highest BCUT2D eigenvalue weighted by Crippen LogP contribution is 2.62. The van der Waals surface area contributed by atoms with Crippen molar-refractivity contribution in [3.05, 3.63) is 0 Å². The predicted octanol–water partition coefficient (Wildman–Crippen LogP) is 9.54. The minimum absolute atomic E-state index is 0.0422. The lowest BCUT2D eigenvalue weighted by Crippen LogP contribution is -2.63. The molecular formula is C30H64N2. The molecule has 0 rings (SSSR count). The van der Waals surface area contributed by atoms with E-state index in [2.05, 4.69) is 41.5 Å². The molecule has 2 nitrogen and oxygen atoms in total. The molecule has 0 radical (unpaired) electrons. The highest BCUT2D eigenvalue weighted by Gasteiger charge is 2.58. The monoisotopic (exact) mass is 453 g/mol. The Kier molecular flexibility index (Phi) is 18.2. The van der Waals surface area contributed by atoms with Gasteiger partial charge in [0, 0.05) is 5.54 Å². The Balaban J connectivity index is 6.89. The van der Waals surface area contributed by atoms with Crippen molar-refractivity contribution in [3.8, 4) is 0 Å². The van der Waals surface area contributed by atoms with Crippen molar-refractivity contribution < 1.29 is 0 Å². The van der Waals surface area contributed by atoms with Gasteiger partial charge in [0.25, 0.3) is 0 Å². The summed E-state index contributed by atoms with van der Waals surface area (Å²) in [5.74, 6) is 0. The molecule has 0 amide bonds. The normalized spacial score (nSPS) is 13.1. The van der Waals surface area contributed by atoms with Crippen molar-refractivity contribution in [1.29, 1.82) is 0 Å². The van der Waals surface area contributed by atoms with E-state index in [9.17, 15) is 0 Å². The first-order chi connectivity index (χ1) is 15.4. The summed E-state index contributed by atoms with van der Waals surface area (Å²) < 4.78 is 0. The summed E-state index contributed by atoms with van der Waals surface area (Å²) in [7, 11) is 0. The quantitative estimate of drug-likeness (QED) is 0.162. The summed E-state index contributed by atoms with van der Waals surface area (Å²) in [5.41, 5.74) is 14.5. The minimum atomic E-state index is -0.0422. The van der Waals surface area contributed by atoms with Gasteiger partial charge in [0.05, 0.1) is 0 Å². The lowest BCUT2D eigenvalue weighted by Gasteiger charge is -2.62. The van der Waals surface area contributed by atoms with Crippen LogP contribution in [-0.2, 0) is 0 Å². The van der Waals surface area contributed by atoms with Gasteiger partial charge in [-0.3, -0.25) is 0 Å². The summed E-state index contributed by atoms with van der Waals surface area (Å²) in [6.45, 7) is 15.0. The van der Waals surface area contributed by atoms with Crippen LogP contribution in [0.4, 0.5) is 0 Å². The molecular weight excluding hydrogens is 388 g/mol. The molecule has 0 aromatic heterocycles. The Morgan fingerprint density at radius 3 is 1.09 bits per heavy atom. The van der Waals surface area contributed by atoms with Crippen LogP contribution in [0.25, 0.3) is 0 Å². The molecule has 32 heavy (non-hydrogen) atoms. The van der Waals surface area contributed by atoms with Crippen LogP contribution in [0.3, 0.4) is 0 Å². The maximum atomic E-state index is 7.80. The largest absolute Gasteiger partial charge is 0.330 e. The molecule has 0 aliphatic heterocycles. The molecule has 0 unspecified atom stereocenters. The van der Waals surface area contributed by atoms with Crippen LogP contribution in [-0.4, -0.2) is 12.1 Å². The second-order valence-electron chi connectivity index (χ2n) is 11.0. The maximum Gasteiger partial charge on any atom is 0.0216 e. The second-order valence-corrected chi connectivity index (χ2v) is 11.0. The zero-order chi connectivity index (χ0) is 24.3. The fraction of sp³-hybridized carbons (Fsp3) is 1.00. The molecule has 0 aromatic rings. The minimum Gasteiger partial charge on any atom is -0.330 e. The van der Waals surface area contributed by atoms with Gasteiger partial charge in [0.1, 0.15) is 0 Å². The molecule has 0 bridgehead atoms. The van der Waals surface area contributed by atoms with Crippen molar-refractivity contribution in [2.45, 2.75) is 175 Å². The Morgan fingerprint density at radius 1 is 0.438 bits per heavy atom. The Morgan fingerprint density at radius 2 is 0.750 bits per heavy atom. The summed E-state index contributed by atoms with van der Waals surface area (Å²) in [6, 6.07) is 0. The third-order valence-corrected chi connectivity index (χ3v) is 8.71. The van der Waals surface area contributed by atoms with E-state index in [4.69, 9.17) is 11.5 Å². The van der Waals surface area contributed by atoms with E-state index in [0.29, 0.717) is 5.41 Å². The Labute approximate surface area is 204 Å². The van der Waals surface area contributed by atoms with Crippen molar-refractivity contribution in [2.75, 3.05) is 6.54 Å². The van der Waals surface area contributed by atoms with Gasteiger partial charge < -0.3 is 11.5 Å². The number of unbranched alkanes of at least 4 members (excludes halogenated alkanes) is 6. The lowest BCUT2D eigenvalue weighted by molar-refractivity contribution is -0.0892. The van der Waals surface area contributed by atoms with E-state index in [0.717, 1.165) is 13.0 Å². The van der Waals surface area contributed by atoms with E-state index < -0.39 is 0 Å². The van der Waals surface area contributed by atoms with Crippen molar-refractivity contribution in [1.82, 2.24) is 0 Å². The smallest absolute Gasteiger partial charge is 0.0216 e. The Bertz CT molecular complexity index is 379. The van der Waals surface area contributed by atoms with Gasteiger partial charge in [-0.25, -0.2) is 0 Å². The molecule has 0 aliphatic carbocycles. The van der Waals surface area contributed by atoms with Crippen LogP contribution in [0.15, 0.2) is 0 Å². The average Bonchev–Trinajstić information content (AvgIpc) is 2.81. The molecule has 194 valence electrons. The zero-order valence-electron chi connectivity index (χ0n) is 23.5. The van der Waals surface area contributed by atoms with Crippen LogP contribution in [0, 0.1) is 10.8 Å². The average molecular weight is 453 g/mol. The number of nitrogens with two attached hydrogens (primary N) is 2. The van der Waals surface area contributed by atoms with Gasteiger partial charge in [0.2, 0.25) is 0 Å². The predicted molar refractivity (Wildman–Crippen MR) is 147 cm³/mol. The van der Waals surface area contributed by atoms with Gasteiger partial charge in [-0.05, 0) is 68.7 Å². The summed E-state index contributed by atoms with van der Waals surface area (Å²) >= 11 is 0. The topological polar surface area (TPSA) is 52.0 Å². The molecule has 0 aliphatic rings. The first kappa shape index (κ1) is 31.9. The molecule has 0 heterocycles. The second kappa shape index (κ2) is 18.3. The number of hydrogen-bond donors (Lipinski definition) is 2. The van der Waals surface area contributed by atoms with E-state index in [-0.39, 0.29) is 11.0 Å². The molecule has 0 saturated heterocycles. The van der Waals surface area contributed by atoms with E-state index in [1.807, 2.05) is 0 Å². The highest BCUT2D eigenvalue weighted by atomic mass is 14.8.